The van der Waals surface area contributed by atoms with E-state index in [0.717, 1.165) is 38.6 Å². The van der Waals surface area contributed by atoms with Crippen LogP contribution in [0.1, 0.15) is 41.0 Å². The van der Waals surface area contributed by atoms with Crippen LogP contribution in [0.2, 0.25) is 0 Å². The summed E-state index contributed by atoms with van der Waals surface area (Å²) in [6.07, 6.45) is 0.544. The Kier molecular flexibility index (Phi) is 7.79. The topological polar surface area (TPSA) is 69.2 Å². The number of aliphatic imine (C=N–C) groups is 1. The smallest absolute Gasteiger partial charge is 0.407 e. The van der Waals surface area contributed by atoms with E-state index in [1.54, 1.807) is 7.05 Å². The van der Waals surface area contributed by atoms with Gasteiger partial charge in [0, 0.05) is 39.3 Å². The zero-order chi connectivity index (χ0) is 18.3. The van der Waals surface area contributed by atoms with Gasteiger partial charge in [-0.2, -0.15) is 0 Å². The van der Waals surface area contributed by atoms with E-state index in [1.165, 1.54) is 0 Å². The number of hydrogen-bond acceptors (Lipinski definition) is 4. The summed E-state index contributed by atoms with van der Waals surface area (Å²) in [6.45, 7) is 13.4. The van der Waals surface area contributed by atoms with Gasteiger partial charge in [-0.25, -0.2) is 4.79 Å². The van der Waals surface area contributed by atoms with E-state index in [1.807, 2.05) is 20.8 Å². The summed E-state index contributed by atoms with van der Waals surface area (Å²) in [5, 5.41) is 6.34. The van der Waals surface area contributed by atoms with Crippen LogP contribution in [0, 0.1) is 0 Å². The number of carbonyl (C=O) groups excluding carboxylic acids is 1. The molecule has 0 bridgehead atoms. The van der Waals surface area contributed by atoms with E-state index in [9.17, 15) is 4.79 Å². The summed E-state index contributed by atoms with van der Waals surface area (Å²) < 4.78 is 5.32. The van der Waals surface area contributed by atoms with E-state index >= 15 is 0 Å². The Hall–Kier alpha value is -1.50. The fourth-order valence-corrected chi connectivity index (χ4v) is 2.48. The molecule has 1 saturated heterocycles. The average Bonchev–Trinajstić information content (AvgIpc) is 2.89. The van der Waals surface area contributed by atoms with Crippen molar-refractivity contribution in [1.29, 1.82) is 0 Å². The number of nitrogens with one attached hydrogen (secondary N) is 2. The van der Waals surface area contributed by atoms with Crippen LogP contribution in [0.4, 0.5) is 4.79 Å². The molecule has 1 unspecified atom stereocenters. The molecule has 1 aliphatic heterocycles. The number of rotatable bonds is 5. The molecule has 0 aromatic carbocycles. The number of amides is 1. The summed E-state index contributed by atoms with van der Waals surface area (Å²) in [5.41, 5.74) is -0.470. The highest BCUT2D eigenvalue weighted by atomic mass is 16.6. The van der Waals surface area contributed by atoms with Gasteiger partial charge in [-0.05, 0) is 48.1 Å². The van der Waals surface area contributed by atoms with Gasteiger partial charge in [-0.1, -0.05) is 0 Å². The Morgan fingerprint density at radius 2 is 2.08 bits per heavy atom. The first-order valence-electron chi connectivity index (χ1n) is 8.77. The molecule has 7 nitrogen and oxygen atoms in total. The maximum Gasteiger partial charge on any atom is 0.407 e. The highest BCUT2D eigenvalue weighted by Gasteiger charge is 2.27. The molecule has 0 spiro atoms. The molecule has 7 heteroatoms. The Balaban J connectivity index is 2.39. The van der Waals surface area contributed by atoms with E-state index < -0.39 is 5.60 Å². The van der Waals surface area contributed by atoms with Gasteiger partial charge in [-0.3, -0.25) is 4.99 Å². The zero-order valence-electron chi connectivity index (χ0n) is 16.3. The number of ether oxygens (including phenoxy) is 1. The predicted molar refractivity (Wildman–Crippen MR) is 98.5 cm³/mol. The van der Waals surface area contributed by atoms with Crippen LogP contribution in [0.15, 0.2) is 4.99 Å². The number of hydrogen-bond donors (Lipinski definition) is 2. The molecule has 0 aromatic heterocycles. The second-order valence-corrected chi connectivity index (χ2v) is 7.63. The molecule has 0 aromatic rings. The highest BCUT2D eigenvalue weighted by Crippen LogP contribution is 2.12. The number of nitrogens with zero attached hydrogens (tertiary/aromatic N) is 3. The first-order valence-corrected chi connectivity index (χ1v) is 8.77. The highest BCUT2D eigenvalue weighted by molar-refractivity contribution is 5.80. The minimum absolute atomic E-state index is 0.0942. The fraction of sp³-hybridized carbons (Fsp3) is 0.882. The summed E-state index contributed by atoms with van der Waals surface area (Å²) in [4.78, 5) is 20.7. The first kappa shape index (κ1) is 20.5. The second kappa shape index (κ2) is 9.11. The van der Waals surface area contributed by atoms with Crippen molar-refractivity contribution >= 4 is 12.1 Å². The molecule has 140 valence electrons. The van der Waals surface area contributed by atoms with Crippen molar-refractivity contribution in [3.05, 3.63) is 0 Å². The SMILES string of the molecule is CN=C(NCCN(C)C(C)C)N1CCC(NC(=O)OC(C)(C)C)C1. The third-order valence-corrected chi connectivity index (χ3v) is 4.05. The Morgan fingerprint density at radius 3 is 2.62 bits per heavy atom. The quantitative estimate of drug-likeness (QED) is 0.586. The molecular weight excluding hydrogens is 306 g/mol. The first-order chi connectivity index (χ1) is 11.1. The maximum absolute atomic E-state index is 11.9. The lowest BCUT2D eigenvalue weighted by atomic mass is 10.2. The van der Waals surface area contributed by atoms with Crippen LogP contribution >= 0.6 is 0 Å². The molecule has 0 aliphatic carbocycles. The monoisotopic (exact) mass is 341 g/mol. The van der Waals surface area contributed by atoms with Crippen molar-refractivity contribution in [2.24, 2.45) is 4.99 Å². The number of likely N-dealkylation sites (tertiary alicyclic amines) is 1. The second-order valence-electron chi connectivity index (χ2n) is 7.63. The molecule has 1 amide bonds. The lowest BCUT2D eigenvalue weighted by Gasteiger charge is -2.25. The van der Waals surface area contributed by atoms with Crippen molar-refractivity contribution < 1.29 is 9.53 Å². The Labute approximate surface area is 146 Å². The van der Waals surface area contributed by atoms with Crippen LogP contribution in [-0.4, -0.2) is 79.8 Å². The van der Waals surface area contributed by atoms with E-state index in [-0.39, 0.29) is 12.1 Å². The summed E-state index contributed by atoms with van der Waals surface area (Å²) >= 11 is 0. The Morgan fingerprint density at radius 1 is 1.42 bits per heavy atom. The molecule has 1 fully saturated rings. The minimum Gasteiger partial charge on any atom is -0.444 e. The number of guanidine groups is 1. The standard InChI is InChI=1S/C17H35N5O2/c1-13(2)21(7)11-9-19-15(18-6)22-10-8-14(12-22)20-16(23)24-17(3,4)5/h13-14H,8-12H2,1-7H3,(H,18,19)(H,20,23). The number of alkyl carbamates (subject to hydrolysis) is 1. The molecule has 0 radical (unpaired) electrons. The summed E-state index contributed by atoms with van der Waals surface area (Å²) in [5.74, 6) is 0.889. The third kappa shape index (κ3) is 7.38. The van der Waals surface area contributed by atoms with Gasteiger partial charge < -0.3 is 25.2 Å². The van der Waals surface area contributed by atoms with Crippen molar-refractivity contribution in [2.75, 3.05) is 40.3 Å². The number of likely N-dealkylation sites (N-methyl/N-ethyl adjacent to an activating group) is 1. The lowest BCUT2D eigenvalue weighted by molar-refractivity contribution is 0.0507. The molecule has 1 heterocycles. The minimum atomic E-state index is -0.470. The average molecular weight is 342 g/mol. The molecule has 24 heavy (non-hydrogen) atoms. The fourth-order valence-electron chi connectivity index (χ4n) is 2.48. The Bertz CT molecular complexity index is 431. The third-order valence-electron chi connectivity index (χ3n) is 4.05. The molecule has 1 rings (SSSR count). The van der Waals surface area contributed by atoms with Gasteiger partial charge in [0.05, 0.1) is 6.04 Å². The van der Waals surface area contributed by atoms with Gasteiger partial charge in [0.2, 0.25) is 0 Å². The molecule has 1 atom stereocenters. The largest absolute Gasteiger partial charge is 0.444 e. The zero-order valence-corrected chi connectivity index (χ0v) is 16.3. The van der Waals surface area contributed by atoms with Gasteiger partial charge in [-0.15, -0.1) is 0 Å². The van der Waals surface area contributed by atoms with Crippen LogP contribution in [0.3, 0.4) is 0 Å². The van der Waals surface area contributed by atoms with Gasteiger partial charge >= 0.3 is 6.09 Å². The van der Waals surface area contributed by atoms with Gasteiger partial charge in [0.15, 0.2) is 5.96 Å². The summed E-state index contributed by atoms with van der Waals surface area (Å²) in [6, 6.07) is 0.625. The number of carbonyl (C=O) groups is 1. The van der Waals surface area contributed by atoms with Crippen LogP contribution in [-0.2, 0) is 4.74 Å². The van der Waals surface area contributed by atoms with E-state index in [4.69, 9.17) is 4.74 Å². The van der Waals surface area contributed by atoms with Gasteiger partial charge in [0.1, 0.15) is 5.60 Å². The van der Waals surface area contributed by atoms with Crippen LogP contribution in [0.5, 0.6) is 0 Å². The predicted octanol–water partition coefficient (Wildman–Crippen LogP) is 1.50. The molecule has 1 aliphatic rings. The van der Waals surface area contributed by atoms with Crippen LogP contribution < -0.4 is 10.6 Å². The van der Waals surface area contributed by atoms with Gasteiger partial charge in [0.25, 0.3) is 0 Å². The maximum atomic E-state index is 11.9. The lowest BCUT2D eigenvalue weighted by Crippen LogP contribution is -2.45. The van der Waals surface area contributed by atoms with Crippen molar-refractivity contribution in [3.8, 4) is 0 Å². The van der Waals surface area contributed by atoms with E-state index in [2.05, 4.69) is 46.3 Å². The van der Waals surface area contributed by atoms with Crippen molar-refractivity contribution in [3.63, 3.8) is 0 Å². The molecule has 0 saturated carbocycles. The van der Waals surface area contributed by atoms with Crippen LogP contribution in [0.25, 0.3) is 0 Å². The van der Waals surface area contributed by atoms with Crippen molar-refractivity contribution in [2.45, 2.75) is 58.7 Å². The van der Waals surface area contributed by atoms with E-state index in [0.29, 0.717) is 6.04 Å². The summed E-state index contributed by atoms with van der Waals surface area (Å²) in [7, 11) is 3.91. The normalized spacial score (nSPS) is 19.1. The van der Waals surface area contributed by atoms with Crippen molar-refractivity contribution in [1.82, 2.24) is 20.4 Å². The molecule has 2 N–H and O–H groups in total. The molecular formula is C17H35N5O2.